The molecule has 1 amide bonds. The summed E-state index contributed by atoms with van der Waals surface area (Å²) >= 11 is 2.18. The zero-order valence-electron chi connectivity index (χ0n) is 22.0. The Kier molecular flexibility index (Phi) is 9.11. The fourth-order valence-corrected chi connectivity index (χ4v) is 5.68. The molecule has 12 heteroatoms. The molecule has 3 aromatic rings. The second-order valence-electron chi connectivity index (χ2n) is 10.3. The van der Waals surface area contributed by atoms with Crippen molar-refractivity contribution in [2.45, 2.75) is 55.7 Å². The zero-order valence-corrected chi connectivity index (χ0v) is 24.2. The Labute approximate surface area is 254 Å². The van der Waals surface area contributed by atoms with Crippen molar-refractivity contribution < 1.29 is 49.0 Å². The lowest BCUT2D eigenvalue weighted by Gasteiger charge is -2.48. The average Bonchev–Trinajstić information content (AvgIpc) is 2.97. The predicted molar refractivity (Wildman–Crippen MR) is 155 cm³/mol. The van der Waals surface area contributed by atoms with Gasteiger partial charge in [-0.05, 0) is 95.1 Å². The average molecular weight is 693 g/mol. The van der Waals surface area contributed by atoms with Crippen molar-refractivity contribution in [3.05, 3.63) is 93.3 Å². The lowest BCUT2D eigenvalue weighted by molar-refractivity contribution is -0.271. The number of benzene rings is 3. The van der Waals surface area contributed by atoms with Crippen LogP contribution >= 0.6 is 22.6 Å². The van der Waals surface area contributed by atoms with Gasteiger partial charge in [0.15, 0.2) is 6.10 Å². The molecule has 42 heavy (non-hydrogen) atoms. The Balaban J connectivity index is 1.34. The first-order chi connectivity index (χ1) is 20.0. The molecule has 8 atom stereocenters. The van der Waals surface area contributed by atoms with Crippen LogP contribution in [0.3, 0.4) is 0 Å². The summed E-state index contributed by atoms with van der Waals surface area (Å²) in [5, 5.41) is 50.2. The minimum Gasteiger partial charge on any atom is -0.479 e. The van der Waals surface area contributed by atoms with E-state index in [0.717, 1.165) is 9.13 Å². The van der Waals surface area contributed by atoms with Crippen molar-refractivity contribution in [2.24, 2.45) is 5.92 Å². The fourth-order valence-electron chi connectivity index (χ4n) is 5.32. The topological polar surface area (TPSA) is 157 Å². The monoisotopic (exact) mass is 693 g/mol. The van der Waals surface area contributed by atoms with Gasteiger partial charge in [-0.3, -0.25) is 4.79 Å². The SMILES string of the molecule is O=C(O)[C@H]1OC(Oc2ccc([C@@H]3[C@@H](CC[C@H](O)c4ccc(F)cc4)C(=O)N3c3ccc(I)cc3)cc2)[C@H](O)[C@@H](O)[C@@H]1O. The number of aliphatic carboxylic acids is 1. The molecule has 1 unspecified atom stereocenters. The van der Waals surface area contributed by atoms with Gasteiger partial charge in [-0.25, -0.2) is 9.18 Å². The standard InChI is InChI=1S/C30H29FINO9/c31-17-5-1-15(2-6-17)22(34)14-13-21-23(33(28(21)38)19-9-7-18(32)8-10-19)16-3-11-20(12-4-16)41-30-26(37)24(35)25(36)27(42-30)29(39)40/h1-12,21-27,30,34-37H,13-14H2,(H,39,40)/t21-,22+,23-,24+,25+,26-,27+,30?/m1/s1. The predicted octanol–water partition coefficient (Wildman–Crippen LogP) is 2.92. The third kappa shape index (κ3) is 6.14. The number of carboxylic acids is 1. The van der Waals surface area contributed by atoms with Gasteiger partial charge in [0.05, 0.1) is 18.1 Å². The number of aliphatic hydroxyl groups is 4. The smallest absolute Gasteiger partial charge is 0.335 e. The quantitative estimate of drug-likeness (QED) is 0.168. The summed E-state index contributed by atoms with van der Waals surface area (Å²) in [5.74, 6) is -2.26. The molecule has 2 heterocycles. The first-order valence-electron chi connectivity index (χ1n) is 13.3. The van der Waals surface area contributed by atoms with Crippen LogP contribution in [0.5, 0.6) is 5.75 Å². The minimum atomic E-state index is -1.83. The highest BCUT2D eigenvalue weighted by molar-refractivity contribution is 14.1. The van der Waals surface area contributed by atoms with Crippen LogP contribution in [0.1, 0.15) is 36.1 Å². The number of anilines is 1. The molecule has 0 radical (unpaired) electrons. The zero-order chi connectivity index (χ0) is 30.1. The summed E-state index contributed by atoms with van der Waals surface area (Å²) in [6, 6.07) is 19.3. The molecule has 0 aliphatic carbocycles. The van der Waals surface area contributed by atoms with Crippen LogP contribution in [-0.4, -0.2) is 68.1 Å². The van der Waals surface area contributed by atoms with Crippen molar-refractivity contribution in [2.75, 3.05) is 4.90 Å². The Morgan fingerprint density at radius 3 is 2.21 bits per heavy atom. The Morgan fingerprint density at radius 2 is 1.60 bits per heavy atom. The molecule has 2 fully saturated rings. The first kappa shape index (κ1) is 30.3. The molecular formula is C30H29FINO9. The Morgan fingerprint density at radius 1 is 0.952 bits per heavy atom. The van der Waals surface area contributed by atoms with E-state index < -0.39 is 54.5 Å². The molecule has 3 aromatic carbocycles. The Hall–Kier alpha value is -3.14. The summed E-state index contributed by atoms with van der Waals surface area (Å²) in [6.45, 7) is 0. The number of hydrogen-bond donors (Lipinski definition) is 5. The highest BCUT2D eigenvalue weighted by Crippen LogP contribution is 2.46. The summed E-state index contributed by atoms with van der Waals surface area (Å²) < 4.78 is 25.1. The van der Waals surface area contributed by atoms with E-state index in [4.69, 9.17) is 9.47 Å². The summed E-state index contributed by atoms with van der Waals surface area (Å²) in [7, 11) is 0. The molecule has 5 rings (SSSR count). The molecular weight excluding hydrogens is 664 g/mol. The van der Waals surface area contributed by atoms with Crippen LogP contribution < -0.4 is 9.64 Å². The van der Waals surface area contributed by atoms with E-state index >= 15 is 0 Å². The highest BCUT2D eigenvalue weighted by Gasteiger charge is 2.49. The third-order valence-corrected chi connectivity index (χ3v) is 8.33. The molecule has 10 nitrogen and oxygen atoms in total. The summed E-state index contributed by atoms with van der Waals surface area (Å²) in [4.78, 5) is 26.4. The van der Waals surface area contributed by atoms with E-state index in [-0.39, 0.29) is 24.1 Å². The molecule has 222 valence electrons. The molecule has 0 spiro atoms. The second-order valence-corrected chi connectivity index (χ2v) is 11.5. The molecule has 2 aliphatic rings. The van der Waals surface area contributed by atoms with E-state index in [1.807, 2.05) is 24.3 Å². The van der Waals surface area contributed by atoms with Crippen LogP contribution in [0, 0.1) is 15.3 Å². The number of carbonyl (C=O) groups excluding carboxylic acids is 1. The van der Waals surface area contributed by atoms with Gasteiger partial charge >= 0.3 is 5.97 Å². The summed E-state index contributed by atoms with van der Waals surface area (Å²) in [5.41, 5.74) is 2.04. The lowest BCUT2D eigenvalue weighted by Crippen LogP contribution is -2.61. The lowest BCUT2D eigenvalue weighted by atomic mass is 9.78. The molecule has 2 aliphatic heterocycles. The number of β-lactam (4-membered cyclic amide) rings is 1. The van der Waals surface area contributed by atoms with Gasteiger partial charge in [0.1, 0.15) is 29.9 Å². The van der Waals surface area contributed by atoms with Crippen LogP contribution in [0.4, 0.5) is 10.1 Å². The van der Waals surface area contributed by atoms with Crippen molar-refractivity contribution in [3.8, 4) is 5.75 Å². The number of carbonyl (C=O) groups is 2. The number of rotatable bonds is 9. The molecule has 5 N–H and O–H groups in total. The minimum absolute atomic E-state index is 0.0983. The third-order valence-electron chi connectivity index (χ3n) is 7.61. The maximum Gasteiger partial charge on any atom is 0.335 e. The second kappa shape index (κ2) is 12.6. The Bertz CT molecular complexity index is 1410. The van der Waals surface area contributed by atoms with Crippen LogP contribution in [0.2, 0.25) is 0 Å². The van der Waals surface area contributed by atoms with Gasteiger partial charge < -0.3 is 39.9 Å². The van der Waals surface area contributed by atoms with E-state index in [2.05, 4.69) is 22.6 Å². The number of halogens is 2. The number of aliphatic hydroxyl groups excluding tert-OH is 4. The first-order valence-corrected chi connectivity index (χ1v) is 14.3. The van der Waals surface area contributed by atoms with Gasteiger partial charge in [-0.15, -0.1) is 0 Å². The van der Waals surface area contributed by atoms with E-state index in [9.17, 15) is 39.5 Å². The normalized spacial score (nSPS) is 28.2. The van der Waals surface area contributed by atoms with Gasteiger partial charge in [-0.2, -0.15) is 0 Å². The molecule has 0 bridgehead atoms. The van der Waals surface area contributed by atoms with Gasteiger partial charge in [0.25, 0.3) is 0 Å². The highest BCUT2D eigenvalue weighted by atomic mass is 127. The van der Waals surface area contributed by atoms with E-state index in [1.54, 1.807) is 29.2 Å². The number of ether oxygens (including phenoxy) is 2. The van der Waals surface area contributed by atoms with Crippen LogP contribution in [-0.2, 0) is 14.3 Å². The fraction of sp³-hybridized carbons (Fsp3) is 0.333. The van der Waals surface area contributed by atoms with Crippen molar-refractivity contribution in [3.63, 3.8) is 0 Å². The van der Waals surface area contributed by atoms with E-state index in [0.29, 0.717) is 17.7 Å². The molecule has 0 aromatic heterocycles. The largest absolute Gasteiger partial charge is 0.479 e. The van der Waals surface area contributed by atoms with Crippen LogP contribution in [0.25, 0.3) is 0 Å². The van der Waals surface area contributed by atoms with Crippen molar-refractivity contribution in [1.29, 1.82) is 0 Å². The van der Waals surface area contributed by atoms with Gasteiger partial charge in [0.2, 0.25) is 12.2 Å². The number of carboxylic acid groups (broad SMARTS) is 1. The number of nitrogens with zero attached hydrogens (tertiary/aromatic N) is 1. The van der Waals surface area contributed by atoms with Crippen molar-refractivity contribution >= 4 is 40.2 Å². The van der Waals surface area contributed by atoms with Crippen LogP contribution in [0.15, 0.2) is 72.8 Å². The number of hydrogen-bond acceptors (Lipinski definition) is 8. The number of amides is 1. The maximum atomic E-state index is 13.4. The van der Waals surface area contributed by atoms with Crippen molar-refractivity contribution in [1.82, 2.24) is 0 Å². The van der Waals surface area contributed by atoms with Gasteiger partial charge in [-0.1, -0.05) is 24.3 Å². The maximum absolute atomic E-state index is 13.4. The molecule has 0 saturated carbocycles. The van der Waals surface area contributed by atoms with Gasteiger partial charge in [0, 0.05) is 9.26 Å². The van der Waals surface area contributed by atoms with E-state index in [1.165, 1.54) is 24.3 Å². The summed E-state index contributed by atoms with van der Waals surface area (Å²) in [6.07, 6.45) is -8.87. The molecule has 2 saturated heterocycles.